The maximum Gasteiger partial charge on any atom is 0.253 e. The van der Waals surface area contributed by atoms with Gasteiger partial charge >= 0.3 is 0 Å². The number of benzene rings is 2. The summed E-state index contributed by atoms with van der Waals surface area (Å²) in [5, 5.41) is 4.08. The van der Waals surface area contributed by atoms with Gasteiger partial charge in [-0.25, -0.2) is 0 Å². The van der Waals surface area contributed by atoms with Crippen molar-refractivity contribution in [2.75, 3.05) is 19.7 Å². The SMILES string of the molecule is Cc1cccc(OCCc2noc(C3CCN(C(=O)c4cccc(C)c4)C3)n2)c1. The Morgan fingerprint density at radius 3 is 2.76 bits per heavy atom. The zero-order valence-electron chi connectivity index (χ0n) is 16.8. The van der Waals surface area contributed by atoms with Gasteiger partial charge in [0.05, 0.1) is 12.5 Å². The Bertz CT molecular complexity index is 998. The van der Waals surface area contributed by atoms with Gasteiger partial charge < -0.3 is 14.2 Å². The third kappa shape index (κ3) is 4.65. The normalized spacial score (nSPS) is 16.2. The van der Waals surface area contributed by atoms with Gasteiger partial charge in [0.25, 0.3) is 5.91 Å². The van der Waals surface area contributed by atoms with Crippen LogP contribution in [0.25, 0.3) is 0 Å². The molecule has 0 bridgehead atoms. The van der Waals surface area contributed by atoms with Crippen LogP contribution in [0.2, 0.25) is 0 Å². The van der Waals surface area contributed by atoms with Crippen LogP contribution >= 0.6 is 0 Å². The minimum atomic E-state index is 0.0579. The van der Waals surface area contributed by atoms with E-state index in [0.717, 1.165) is 28.9 Å². The number of carbonyl (C=O) groups is 1. The summed E-state index contributed by atoms with van der Waals surface area (Å²) in [6, 6.07) is 15.6. The smallest absolute Gasteiger partial charge is 0.253 e. The van der Waals surface area contributed by atoms with Crippen molar-refractivity contribution in [2.24, 2.45) is 0 Å². The van der Waals surface area contributed by atoms with E-state index in [4.69, 9.17) is 9.26 Å². The Morgan fingerprint density at radius 2 is 1.97 bits per heavy atom. The molecule has 1 fully saturated rings. The molecule has 0 spiro atoms. The van der Waals surface area contributed by atoms with Crippen molar-refractivity contribution in [1.29, 1.82) is 0 Å². The van der Waals surface area contributed by atoms with Gasteiger partial charge in [0.1, 0.15) is 5.75 Å². The molecule has 0 saturated carbocycles. The Kier molecular flexibility index (Phi) is 5.60. The lowest BCUT2D eigenvalue weighted by atomic mass is 10.1. The third-order valence-electron chi connectivity index (χ3n) is 5.16. The molecule has 1 unspecified atom stereocenters. The van der Waals surface area contributed by atoms with Crippen LogP contribution in [0.5, 0.6) is 5.75 Å². The van der Waals surface area contributed by atoms with Crippen molar-refractivity contribution in [2.45, 2.75) is 32.6 Å². The van der Waals surface area contributed by atoms with Crippen LogP contribution in [0.1, 0.15) is 45.5 Å². The van der Waals surface area contributed by atoms with Crippen LogP contribution in [0.3, 0.4) is 0 Å². The average molecular weight is 391 g/mol. The molecular formula is C23H25N3O3. The Hall–Kier alpha value is -3.15. The first kappa shape index (κ1) is 19.2. The molecule has 6 heteroatoms. The Balaban J connectivity index is 1.31. The highest BCUT2D eigenvalue weighted by Crippen LogP contribution is 2.27. The van der Waals surface area contributed by atoms with Gasteiger partial charge in [0.2, 0.25) is 5.89 Å². The highest BCUT2D eigenvalue weighted by molar-refractivity contribution is 5.94. The molecule has 1 saturated heterocycles. The number of hydrogen-bond donors (Lipinski definition) is 0. The minimum Gasteiger partial charge on any atom is -0.493 e. The van der Waals surface area contributed by atoms with Crippen LogP contribution in [-0.2, 0) is 6.42 Å². The van der Waals surface area contributed by atoms with E-state index in [2.05, 4.69) is 10.1 Å². The molecule has 1 aromatic heterocycles. The summed E-state index contributed by atoms with van der Waals surface area (Å²) in [5.74, 6) is 2.23. The average Bonchev–Trinajstić information content (AvgIpc) is 3.37. The molecule has 1 aliphatic rings. The van der Waals surface area contributed by atoms with Crippen LogP contribution in [-0.4, -0.2) is 40.6 Å². The fraction of sp³-hybridized carbons (Fsp3) is 0.348. The molecule has 6 nitrogen and oxygen atoms in total. The standard InChI is InChI=1S/C23H25N3O3/c1-16-5-3-7-18(13-16)23(27)26-11-9-19(15-26)22-24-21(25-29-22)10-12-28-20-8-4-6-17(2)14-20/h3-8,13-14,19H,9-12,15H2,1-2H3. The number of hydrogen-bond acceptors (Lipinski definition) is 5. The second-order valence-corrected chi connectivity index (χ2v) is 7.57. The van der Waals surface area contributed by atoms with Crippen molar-refractivity contribution in [1.82, 2.24) is 15.0 Å². The summed E-state index contributed by atoms with van der Waals surface area (Å²) in [7, 11) is 0. The molecule has 1 aliphatic heterocycles. The van der Waals surface area contributed by atoms with E-state index in [1.165, 1.54) is 0 Å². The molecule has 1 amide bonds. The summed E-state index contributed by atoms with van der Waals surface area (Å²) >= 11 is 0. The number of nitrogens with zero attached hydrogens (tertiary/aromatic N) is 3. The van der Waals surface area contributed by atoms with Crippen molar-refractivity contribution >= 4 is 5.91 Å². The first-order valence-electron chi connectivity index (χ1n) is 9.96. The Labute approximate surface area is 170 Å². The van der Waals surface area contributed by atoms with Crippen LogP contribution < -0.4 is 4.74 Å². The van der Waals surface area contributed by atoms with E-state index in [9.17, 15) is 4.79 Å². The first-order chi connectivity index (χ1) is 14.1. The quantitative estimate of drug-likeness (QED) is 0.637. The van der Waals surface area contributed by atoms with E-state index >= 15 is 0 Å². The summed E-state index contributed by atoms with van der Waals surface area (Å²) < 4.78 is 11.2. The topological polar surface area (TPSA) is 68.5 Å². The van der Waals surface area contributed by atoms with Crippen molar-refractivity contribution < 1.29 is 14.1 Å². The monoisotopic (exact) mass is 391 g/mol. The predicted octanol–water partition coefficient (Wildman–Crippen LogP) is 3.94. The summed E-state index contributed by atoms with van der Waals surface area (Å²) in [5.41, 5.74) is 2.97. The number of amides is 1. The van der Waals surface area contributed by atoms with Gasteiger partial charge in [-0.05, 0) is 50.1 Å². The second-order valence-electron chi connectivity index (χ2n) is 7.57. The number of likely N-dealkylation sites (tertiary alicyclic amines) is 1. The lowest BCUT2D eigenvalue weighted by molar-refractivity contribution is 0.0789. The maximum absolute atomic E-state index is 12.7. The lowest BCUT2D eigenvalue weighted by Gasteiger charge is -2.16. The van der Waals surface area contributed by atoms with Crippen molar-refractivity contribution in [3.8, 4) is 5.75 Å². The van der Waals surface area contributed by atoms with Gasteiger partial charge in [0.15, 0.2) is 5.82 Å². The molecule has 0 radical (unpaired) electrons. The van der Waals surface area contributed by atoms with Crippen molar-refractivity contribution in [3.63, 3.8) is 0 Å². The summed E-state index contributed by atoms with van der Waals surface area (Å²) in [6.45, 7) is 5.82. The third-order valence-corrected chi connectivity index (χ3v) is 5.16. The lowest BCUT2D eigenvalue weighted by Crippen LogP contribution is -2.28. The fourth-order valence-electron chi connectivity index (χ4n) is 3.61. The number of aromatic nitrogens is 2. The molecule has 150 valence electrons. The molecule has 2 aromatic carbocycles. The van der Waals surface area contributed by atoms with E-state index in [1.54, 1.807) is 0 Å². The van der Waals surface area contributed by atoms with E-state index in [0.29, 0.717) is 37.8 Å². The molecule has 2 heterocycles. The zero-order valence-corrected chi connectivity index (χ0v) is 16.8. The van der Waals surface area contributed by atoms with E-state index in [-0.39, 0.29) is 11.8 Å². The van der Waals surface area contributed by atoms with Crippen LogP contribution in [0.15, 0.2) is 53.1 Å². The van der Waals surface area contributed by atoms with Gasteiger partial charge in [-0.1, -0.05) is 35.0 Å². The fourth-order valence-corrected chi connectivity index (χ4v) is 3.61. The molecule has 29 heavy (non-hydrogen) atoms. The van der Waals surface area contributed by atoms with Crippen LogP contribution in [0.4, 0.5) is 0 Å². The van der Waals surface area contributed by atoms with Gasteiger partial charge in [0, 0.05) is 25.1 Å². The number of ether oxygens (including phenoxy) is 1. The maximum atomic E-state index is 12.7. The molecular weight excluding hydrogens is 366 g/mol. The van der Waals surface area contributed by atoms with Crippen molar-refractivity contribution in [3.05, 3.63) is 76.9 Å². The number of rotatable bonds is 6. The minimum absolute atomic E-state index is 0.0579. The number of carbonyl (C=O) groups excluding carboxylic acids is 1. The summed E-state index contributed by atoms with van der Waals surface area (Å²) in [6.07, 6.45) is 1.41. The zero-order chi connectivity index (χ0) is 20.2. The molecule has 4 rings (SSSR count). The Morgan fingerprint density at radius 1 is 1.17 bits per heavy atom. The molecule has 0 N–H and O–H groups in total. The summed E-state index contributed by atoms with van der Waals surface area (Å²) in [4.78, 5) is 19.1. The van der Waals surface area contributed by atoms with Crippen LogP contribution in [0, 0.1) is 13.8 Å². The van der Waals surface area contributed by atoms with Gasteiger partial charge in [-0.3, -0.25) is 4.79 Å². The first-order valence-corrected chi connectivity index (χ1v) is 9.96. The second kappa shape index (κ2) is 8.47. The van der Waals surface area contributed by atoms with Gasteiger partial charge in [-0.15, -0.1) is 0 Å². The largest absolute Gasteiger partial charge is 0.493 e. The highest BCUT2D eigenvalue weighted by atomic mass is 16.5. The molecule has 1 atom stereocenters. The van der Waals surface area contributed by atoms with E-state index < -0.39 is 0 Å². The predicted molar refractivity (Wildman–Crippen MR) is 109 cm³/mol. The molecule has 3 aromatic rings. The number of aryl methyl sites for hydroxylation is 2. The van der Waals surface area contributed by atoms with Gasteiger partial charge in [-0.2, -0.15) is 4.98 Å². The van der Waals surface area contributed by atoms with E-state index in [1.807, 2.05) is 67.3 Å². The molecule has 0 aliphatic carbocycles. The highest BCUT2D eigenvalue weighted by Gasteiger charge is 2.31.